The molecule has 2 aromatic heterocycles. The molecular formula is C24H19ClN4O3. The van der Waals surface area contributed by atoms with Crippen LogP contribution < -0.4 is 15.4 Å². The number of nitrogens with one attached hydrogen (secondary N) is 2. The van der Waals surface area contributed by atoms with Gasteiger partial charge in [0, 0.05) is 42.7 Å². The molecule has 0 aliphatic heterocycles. The van der Waals surface area contributed by atoms with E-state index < -0.39 is 0 Å². The summed E-state index contributed by atoms with van der Waals surface area (Å²) in [4.78, 5) is 32.4. The molecule has 8 heteroatoms. The Morgan fingerprint density at radius 3 is 2.62 bits per heavy atom. The Kier molecular flexibility index (Phi) is 6.00. The maximum absolute atomic E-state index is 12.6. The van der Waals surface area contributed by atoms with E-state index in [2.05, 4.69) is 20.6 Å². The first-order valence-corrected chi connectivity index (χ1v) is 10.1. The van der Waals surface area contributed by atoms with E-state index in [0.29, 0.717) is 34.0 Å². The number of amides is 2. The van der Waals surface area contributed by atoms with E-state index >= 15 is 0 Å². The summed E-state index contributed by atoms with van der Waals surface area (Å²) in [6.07, 6.45) is 4.55. The van der Waals surface area contributed by atoms with Gasteiger partial charge in [0.15, 0.2) is 0 Å². The van der Waals surface area contributed by atoms with Crippen LogP contribution in [-0.2, 0) is 4.79 Å². The molecule has 2 heterocycles. The molecule has 0 unspecified atom stereocenters. The zero-order valence-corrected chi connectivity index (χ0v) is 18.1. The minimum atomic E-state index is -0.346. The van der Waals surface area contributed by atoms with Crippen molar-refractivity contribution in [1.82, 2.24) is 9.97 Å². The molecule has 0 aliphatic carbocycles. The lowest BCUT2D eigenvalue weighted by molar-refractivity contribution is -0.114. The molecule has 0 saturated heterocycles. The largest absolute Gasteiger partial charge is 0.456 e. The highest BCUT2D eigenvalue weighted by molar-refractivity contribution is 6.34. The zero-order chi connectivity index (χ0) is 22.7. The average molecular weight is 447 g/mol. The van der Waals surface area contributed by atoms with Crippen LogP contribution in [0.3, 0.4) is 0 Å². The second kappa shape index (κ2) is 9.03. The van der Waals surface area contributed by atoms with Gasteiger partial charge < -0.3 is 15.4 Å². The van der Waals surface area contributed by atoms with Crippen LogP contribution in [0.4, 0.5) is 11.4 Å². The Bertz CT molecular complexity index is 1340. The van der Waals surface area contributed by atoms with Crippen molar-refractivity contribution in [2.24, 2.45) is 0 Å². The van der Waals surface area contributed by atoms with E-state index in [9.17, 15) is 9.59 Å². The van der Waals surface area contributed by atoms with Crippen LogP contribution in [0.2, 0.25) is 5.02 Å². The summed E-state index contributed by atoms with van der Waals surface area (Å²) in [5, 5.41) is 6.63. The number of carbonyl (C=O) groups excluding carboxylic acids is 2. The van der Waals surface area contributed by atoms with Crippen molar-refractivity contribution in [2.45, 2.75) is 13.8 Å². The Morgan fingerprint density at radius 2 is 1.84 bits per heavy atom. The predicted molar refractivity (Wildman–Crippen MR) is 124 cm³/mol. The Morgan fingerprint density at radius 1 is 1.00 bits per heavy atom. The lowest BCUT2D eigenvalue weighted by Gasteiger charge is -2.14. The molecule has 32 heavy (non-hydrogen) atoms. The number of fused-ring (bicyclic) bond motifs is 1. The van der Waals surface area contributed by atoms with Crippen molar-refractivity contribution in [3.8, 4) is 11.5 Å². The summed E-state index contributed by atoms with van der Waals surface area (Å²) in [5.41, 5.74) is 2.99. The third-order valence-corrected chi connectivity index (χ3v) is 5.03. The quantitative estimate of drug-likeness (QED) is 0.416. The number of hydrogen-bond donors (Lipinski definition) is 2. The number of ether oxygens (including phenoxy) is 1. The molecule has 0 aliphatic rings. The number of carbonyl (C=O) groups is 2. The van der Waals surface area contributed by atoms with Crippen LogP contribution in [-0.4, -0.2) is 21.8 Å². The van der Waals surface area contributed by atoms with Crippen LogP contribution in [0, 0.1) is 6.92 Å². The number of aryl methyl sites for hydroxylation is 1. The highest BCUT2D eigenvalue weighted by atomic mass is 35.5. The summed E-state index contributed by atoms with van der Waals surface area (Å²) in [6, 6.07) is 14.2. The summed E-state index contributed by atoms with van der Waals surface area (Å²) in [7, 11) is 0. The van der Waals surface area contributed by atoms with E-state index in [1.807, 2.05) is 25.1 Å². The van der Waals surface area contributed by atoms with Gasteiger partial charge in [0.25, 0.3) is 5.91 Å². The van der Waals surface area contributed by atoms with Gasteiger partial charge in [-0.1, -0.05) is 23.7 Å². The van der Waals surface area contributed by atoms with Gasteiger partial charge in [-0.2, -0.15) is 0 Å². The van der Waals surface area contributed by atoms with Crippen molar-refractivity contribution >= 4 is 45.7 Å². The molecule has 0 radical (unpaired) electrons. The first kappa shape index (κ1) is 21.3. The van der Waals surface area contributed by atoms with Crippen LogP contribution >= 0.6 is 11.6 Å². The molecule has 0 atom stereocenters. The number of para-hydroxylation sites is 1. The molecular weight excluding hydrogens is 428 g/mol. The second-order valence-electron chi connectivity index (χ2n) is 7.08. The molecule has 4 rings (SSSR count). The summed E-state index contributed by atoms with van der Waals surface area (Å²) in [6.45, 7) is 3.36. The first-order valence-electron chi connectivity index (χ1n) is 9.77. The number of rotatable bonds is 5. The molecule has 4 aromatic rings. The van der Waals surface area contributed by atoms with Crippen molar-refractivity contribution in [3.63, 3.8) is 0 Å². The highest BCUT2D eigenvalue weighted by Gasteiger charge is 2.13. The van der Waals surface area contributed by atoms with Gasteiger partial charge >= 0.3 is 0 Å². The van der Waals surface area contributed by atoms with Crippen molar-refractivity contribution in [1.29, 1.82) is 0 Å². The second-order valence-corrected chi connectivity index (χ2v) is 7.49. The summed E-state index contributed by atoms with van der Waals surface area (Å²) in [5.74, 6) is 0.618. The van der Waals surface area contributed by atoms with Gasteiger partial charge in [-0.05, 0) is 42.8 Å². The summed E-state index contributed by atoms with van der Waals surface area (Å²) >= 11 is 6.07. The zero-order valence-electron chi connectivity index (χ0n) is 17.3. The first-order chi connectivity index (χ1) is 15.4. The lowest BCUT2D eigenvalue weighted by atomic mass is 10.1. The molecule has 0 saturated carbocycles. The number of pyridine rings is 2. The van der Waals surface area contributed by atoms with Crippen LogP contribution in [0.25, 0.3) is 10.9 Å². The lowest BCUT2D eigenvalue weighted by Crippen LogP contribution is -2.12. The number of halogens is 1. The SMILES string of the molecule is CC(=O)Nc1cccc2c(Oc3cc(NC(=O)c4ccncc4Cl)ccc3C)ccnc12. The normalized spacial score (nSPS) is 10.6. The number of anilines is 2. The van der Waals surface area contributed by atoms with Crippen molar-refractivity contribution < 1.29 is 14.3 Å². The number of nitrogens with zero attached hydrogens (tertiary/aromatic N) is 2. The van der Waals surface area contributed by atoms with Gasteiger partial charge in [0.1, 0.15) is 11.5 Å². The van der Waals surface area contributed by atoms with E-state index in [-0.39, 0.29) is 16.8 Å². The van der Waals surface area contributed by atoms with Crippen LogP contribution in [0.5, 0.6) is 11.5 Å². The topological polar surface area (TPSA) is 93.2 Å². The highest BCUT2D eigenvalue weighted by Crippen LogP contribution is 2.34. The Hall–Kier alpha value is -3.97. The van der Waals surface area contributed by atoms with Crippen LogP contribution in [0.15, 0.2) is 67.1 Å². The third-order valence-electron chi connectivity index (χ3n) is 4.72. The number of benzene rings is 2. The monoisotopic (exact) mass is 446 g/mol. The molecule has 0 spiro atoms. The van der Waals surface area contributed by atoms with Gasteiger partial charge in [-0.15, -0.1) is 0 Å². The Labute approximate surface area is 189 Å². The van der Waals surface area contributed by atoms with E-state index in [4.69, 9.17) is 16.3 Å². The van der Waals surface area contributed by atoms with Crippen molar-refractivity contribution in [2.75, 3.05) is 10.6 Å². The summed E-state index contributed by atoms with van der Waals surface area (Å²) < 4.78 is 6.19. The number of aromatic nitrogens is 2. The molecule has 160 valence electrons. The average Bonchev–Trinajstić information content (AvgIpc) is 2.76. The smallest absolute Gasteiger partial charge is 0.257 e. The number of hydrogen-bond acceptors (Lipinski definition) is 5. The fourth-order valence-electron chi connectivity index (χ4n) is 3.19. The van der Waals surface area contributed by atoms with Gasteiger partial charge in [0.2, 0.25) is 5.91 Å². The van der Waals surface area contributed by atoms with Crippen molar-refractivity contribution in [3.05, 3.63) is 83.3 Å². The fourth-order valence-corrected chi connectivity index (χ4v) is 3.40. The molecule has 2 amide bonds. The molecule has 2 N–H and O–H groups in total. The van der Waals surface area contributed by atoms with Gasteiger partial charge in [-0.3, -0.25) is 19.6 Å². The van der Waals surface area contributed by atoms with Gasteiger partial charge in [0.05, 0.1) is 21.8 Å². The molecule has 0 bridgehead atoms. The van der Waals surface area contributed by atoms with E-state index in [0.717, 1.165) is 10.9 Å². The minimum Gasteiger partial charge on any atom is -0.456 e. The van der Waals surface area contributed by atoms with Crippen LogP contribution in [0.1, 0.15) is 22.8 Å². The Balaban J connectivity index is 1.64. The standard InChI is InChI=1S/C24H19ClN4O3/c1-14-6-7-16(29-24(31)17-8-10-26-13-19(17)25)12-22(14)32-21-9-11-27-23-18(21)4-3-5-20(23)28-15(2)30/h3-13H,1-2H3,(H,28,30)(H,29,31). The van der Waals surface area contributed by atoms with E-state index in [1.54, 1.807) is 36.5 Å². The maximum atomic E-state index is 12.6. The molecule has 2 aromatic carbocycles. The van der Waals surface area contributed by atoms with E-state index in [1.165, 1.54) is 19.3 Å². The van der Waals surface area contributed by atoms with Gasteiger partial charge in [-0.25, -0.2) is 0 Å². The molecule has 7 nitrogen and oxygen atoms in total. The predicted octanol–water partition coefficient (Wildman–Crippen LogP) is 5.59. The fraction of sp³-hybridized carbons (Fsp3) is 0.0833. The third kappa shape index (κ3) is 4.53. The maximum Gasteiger partial charge on any atom is 0.257 e. The molecule has 0 fully saturated rings. The minimum absolute atomic E-state index is 0.181.